The molecule has 0 aliphatic carbocycles. The Hall–Kier alpha value is -0.450. The summed E-state index contributed by atoms with van der Waals surface area (Å²) in [6.07, 6.45) is 0. The fraction of sp³-hybridized carbons (Fsp3) is 0.667. The molecule has 0 saturated heterocycles. The minimum Gasteiger partial charge on any atom is -0.164 e. The Morgan fingerprint density at radius 3 is 2.75 bits per heavy atom. The molecule has 0 fully saturated rings. The third-order valence-corrected chi connectivity index (χ3v) is 1.03. The molecule has 0 N–H and O–H groups in total. The highest BCUT2D eigenvalue weighted by molar-refractivity contribution is 9.10. The lowest BCUT2D eigenvalue weighted by atomic mass is 10.8. The molecular weight excluding hydrogens is 172 g/mol. The molecule has 8 heavy (non-hydrogen) atoms. The van der Waals surface area contributed by atoms with Gasteiger partial charge in [0.1, 0.15) is 0 Å². The summed E-state index contributed by atoms with van der Waals surface area (Å²) in [5, 5.41) is 11.1. The van der Waals surface area contributed by atoms with Crippen molar-refractivity contribution in [3.8, 4) is 0 Å². The van der Waals surface area contributed by atoms with Crippen LogP contribution in [0.25, 0.3) is 0 Å². The molecule has 0 atom stereocenters. The molecule has 0 saturated carbocycles. The predicted molar refractivity (Wildman–Crippen MR) is 31.2 cm³/mol. The van der Waals surface area contributed by atoms with Crippen LogP contribution in [0.1, 0.15) is 6.92 Å². The summed E-state index contributed by atoms with van der Waals surface area (Å²) in [5.41, 5.74) is 0. The molecule has 4 nitrogen and oxygen atoms in total. The zero-order valence-corrected chi connectivity index (χ0v) is 5.96. The van der Waals surface area contributed by atoms with Gasteiger partial charge >= 0.3 is 0 Å². The number of hydrogen-bond donors (Lipinski definition) is 0. The fourth-order valence-electron chi connectivity index (χ4n) is 0.358. The first-order chi connectivity index (χ1) is 3.83. The number of tetrazole rings is 1. The Kier molecular flexibility index (Phi) is 1.57. The number of halogens is 1. The van der Waals surface area contributed by atoms with Crippen LogP contribution in [-0.4, -0.2) is 20.2 Å². The lowest BCUT2D eigenvalue weighted by Gasteiger charge is -1.83. The van der Waals surface area contributed by atoms with E-state index in [1.54, 1.807) is 0 Å². The van der Waals surface area contributed by atoms with Gasteiger partial charge in [-0.25, -0.2) is 0 Å². The van der Waals surface area contributed by atoms with E-state index in [-0.39, 0.29) is 0 Å². The van der Waals surface area contributed by atoms with Crippen molar-refractivity contribution < 1.29 is 0 Å². The molecule has 0 aliphatic heterocycles. The molecule has 1 rings (SSSR count). The maximum Gasteiger partial charge on any atom is 0.239 e. The van der Waals surface area contributed by atoms with Crippen molar-refractivity contribution in [2.24, 2.45) is 0 Å². The standard InChI is InChI=1S/C3H5BrN4/c1-2-8-6-3(4)5-7-8/h2H2,1H3. The van der Waals surface area contributed by atoms with Gasteiger partial charge in [-0.1, -0.05) is 0 Å². The first kappa shape index (κ1) is 5.68. The van der Waals surface area contributed by atoms with Gasteiger partial charge in [-0.05, 0) is 28.1 Å². The highest BCUT2D eigenvalue weighted by atomic mass is 79.9. The van der Waals surface area contributed by atoms with Crippen LogP contribution in [0, 0.1) is 0 Å². The third-order valence-electron chi connectivity index (χ3n) is 0.711. The van der Waals surface area contributed by atoms with Gasteiger partial charge in [0.05, 0.1) is 6.54 Å². The Morgan fingerprint density at radius 2 is 2.50 bits per heavy atom. The summed E-state index contributed by atoms with van der Waals surface area (Å²) in [4.78, 5) is 1.50. The zero-order chi connectivity index (χ0) is 5.98. The van der Waals surface area contributed by atoms with Crippen molar-refractivity contribution in [3.05, 3.63) is 4.73 Å². The lowest BCUT2D eigenvalue weighted by Crippen LogP contribution is -1.97. The van der Waals surface area contributed by atoms with Gasteiger partial charge in [-0.3, -0.25) is 0 Å². The first-order valence-electron chi connectivity index (χ1n) is 2.26. The van der Waals surface area contributed by atoms with Crippen molar-refractivity contribution in [2.45, 2.75) is 13.5 Å². The van der Waals surface area contributed by atoms with E-state index in [9.17, 15) is 0 Å². The normalized spacial score (nSPS) is 9.75. The van der Waals surface area contributed by atoms with E-state index in [0.29, 0.717) is 4.73 Å². The molecule has 0 aromatic carbocycles. The van der Waals surface area contributed by atoms with E-state index in [0.717, 1.165) is 6.54 Å². The topological polar surface area (TPSA) is 43.6 Å². The molecule has 1 aromatic rings. The van der Waals surface area contributed by atoms with Gasteiger partial charge in [0, 0.05) is 0 Å². The first-order valence-corrected chi connectivity index (χ1v) is 3.05. The summed E-state index contributed by atoms with van der Waals surface area (Å²) < 4.78 is 0.541. The quantitative estimate of drug-likeness (QED) is 0.625. The minimum atomic E-state index is 0.541. The summed E-state index contributed by atoms with van der Waals surface area (Å²) in [6, 6.07) is 0. The number of aromatic nitrogens is 4. The average molecular weight is 177 g/mol. The molecule has 44 valence electrons. The van der Waals surface area contributed by atoms with Crippen LogP contribution in [0.4, 0.5) is 0 Å². The Labute approximate surface area is 55.0 Å². The van der Waals surface area contributed by atoms with Crippen LogP contribution in [0.3, 0.4) is 0 Å². The van der Waals surface area contributed by atoms with E-state index in [1.165, 1.54) is 4.80 Å². The Balaban J connectivity index is 2.84. The van der Waals surface area contributed by atoms with Crippen LogP contribution in [-0.2, 0) is 6.54 Å². The Bertz CT molecular complexity index is 172. The van der Waals surface area contributed by atoms with Crippen molar-refractivity contribution in [1.82, 2.24) is 20.2 Å². The lowest BCUT2D eigenvalue weighted by molar-refractivity contribution is 0.551. The van der Waals surface area contributed by atoms with Gasteiger partial charge in [-0.2, -0.15) is 4.80 Å². The highest BCUT2D eigenvalue weighted by Crippen LogP contribution is 1.94. The van der Waals surface area contributed by atoms with Crippen molar-refractivity contribution in [3.63, 3.8) is 0 Å². The van der Waals surface area contributed by atoms with E-state index in [4.69, 9.17) is 0 Å². The molecule has 0 bridgehead atoms. The van der Waals surface area contributed by atoms with Gasteiger partial charge in [-0.15, -0.1) is 10.2 Å². The van der Waals surface area contributed by atoms with Gasteiger partial charge in [0.25, 0.3) is 0 Å². The summed E-state index contributed by atoms with van der Waals surface area (Å²) in [6.45, 7) is 2.72. The number of hydrogen-bond acceptors (Lipinski definition) is 3. The second-order valence-electron chi connectivity index (χ2n) is 1.25. The fourth-order valence-corrected chi connectivity index (χ4v) is 0.612. The van der Waals surface area contributed by atoms with Crippen LogP contribution in [0.15, 0.2) is 4.73 Å². The van der Waals surface area contributed by atoms with Crippen molar-refractivity contribution >= 4 is 15.9 Å². The number of rotatable bonds is 1. The number of nitrogens with zero attached hydrogens (tertiary/aromatic N) is 4. The van der Waals surface area contributed by atoms with Crippen LogP contribution < -0.4 is 0 Å². The molecule has 1 heterocycles. The molecular formula is C3H5BrN4. The van der Waals surface area contributed by atoms with E-state index in [2.05, 4.69) is 31.3 Å². The maximum absolute atomic E-state index is 3.84. The summed E-state index contributed by atoms with van der Waals surface area (Å²) in [7, 11) is 0. The smallest absolute Gasteiger partial charge is 0.164 e. The Morgan fingerprint density at radius 1 is 1.75 bits per heavy atom. The van der Waals surface area contributed by atoms with E-state index >= 15 is 0 Å². The van der Waals surface area contributed by atoms with E-state index < -0.39 is 0 Å². The van der Waals surface area contributed by atoms with Crippen LogP contribution >= 0.6 is 15.9 Å². The molecule has 0 radical (unpaired) electrons. The van der Waals surface area contributed by atoms with Crippen molar-refractivity contribution in [1.29, 1.82) is 0 Å². The number of aryl methyl sites for hydroxylation is 1. The monoisotopic (exact) mass is 176 g/mol. The maximum atomic E-state index is 3.84. The van der Waals surface area contributed by atoms with Crippen LogP contribution in [0.2, 0.25) is 0 Å². The van der Waals surface area contributed by atoms with Crippen LogP contribution in [0.5, 0.6) is 0 Å². The second kappa shape index (κ2) is 2.21. The molecule has 0 aliphatic rings. The predicted octanol–water partition coefficient (Wildman–Crippen LogP) is 0.455. The summed E-state index contributed by atoms with van der Waals surface area (Å²) in [5.74, 6) is 0. The molecule has 0 spiro atoms. The van der Waals surface area contributed by atoms with Gasteiger partial charge in [0.2, 0.25) is 4.73 Å². The average Bonchev–Trinajstić information content (AvgIpc) is 2.14. The third kappa shape index (κ3) is 1.03. The zero-order valence-electron chi connectivity index (χ0n) is 4.37. The summed E-state index contributed by atoms with van der Waals surface area (Å²) >= 11 is 3.07. The molecule has 0 unspecified atom stereocenters. The van der Waals surface area contributed by atoms with Gasteiger partial charge in [0.15, 0.2) is 0 Å². The molecule has 0 amide bonds. The highest BCUT2D eigenvalue weighted by Gasteiger charge is 1.91. The van der Waals surface area contributed by atoms with E-state index in [1.807, 2.05) is 6.92 Å². The molecule has 5 heteroatoms. The molecule has 1 aromatic heterocycles. The van der Waals surface area contributed by atoms with Crippen molar-refractivity contribution in [2.75, 3.05) is 0 Å². The minimum absolute atomic E-state index is 0.541. The SMILES string of the molecule is CCn1nnc(Br)n1. The largest absolute Gasteiger partial charge is 0.239 e. The second-order valence-corrected chi connectivity index (χ2v) is 1.96. The van der Waals surface area contributed by atoms with Gasteiger partial charge < -0.3 is 0 Å².